The number of nitrogens with zero attached hydrogens (tertiary/aromatic N) is 4. The number of hydrogen-bond donors (Lipinski definition) is 1. The molecule has 3 aromatic rings. The van der Waals surface area contributed by atoms with E-state index in [1.54, 1.807) is 24.3 Å². The number of aromatic nitrogens is 5. The Morgan fingerprint density at radius 2 is 2.11 bits per heavy atom. The van der Waals surface area contributed by atoms with Crippen LogP contribution >= 0.6 is 0 Å². The number of methoxy groups -OCH3 is 1. The second kappa shape index (κ2) is 3.83. The van der Waals surface area contributed by atoms with Crippen molar-refractivity contribution in [2.45, 2.75) is 13.8 Å². The summed E-state index contributed by atoms with van der Waals surface area (Å²) in [5.41, 5.74) is 2.01. The molecule has 6 heteroatoms. The third-order valence-corrected chi connectivity index (χ3v) is 2.89. The van der Waals surface area contributed by atoms with Crippen molar-refractivity contribution in [2.75, 3.05) is 7.11 Å². The Bertz CT molecular complexity index is 712. The summed E-state index contributed by atoms with van der Waals surface area (Å²) in [6.07, 6.45) is 5.29. The Morgan fingerprint density at radius 1 is 1.28 bits per heavy atom. The number of nitrogens with one attached hydrogen (secondary N) is 1. The van der Waals surface area contributed by atoms with E-state index >= 15 is 0 Å². The number of rotatable bonds is 2. The van der Waals surface area contributed by atoms with Crippen LogP contribution in [0.4, 0.5) is 0 Å². The molecule has 0 spiro atoms. The number of H-pyrrole nitrogens is 1. The Kier molecular flexibility index (Phi) is 2.29. The minimum Gasteiger partial charge on any atom is -0.494 e. The molecule has 18 heavy (non-hydrogen) atoms. The van der Waals surface area contributed by atoms with Crippen LogP contribution in [0.15, 0.2) is 18.7 Å². The van der Waals surface area contributed by atoms with Gasteiger partial charge in [-0.05, 0) is 19.4 Å². The quantitative estimate of drug-likeness (QED) is 0.744. The van der Waals surface area contributed by atoms with Gasteiger partial charge in [-0.15, -0.1) is 0 Å². The lowest BCUT2D eigenvalue weighted by atomic mass is 10.2. The molecule has 0 amide bonds. The predicted molar refractivity (Wildman–Crippen MR) is 67.0 cm³/mol. The van der Waals surface area contributed by atoms with Gasteiger partial charge in [0, 0.05) is 11.6 Å². The van der Waals surface area contributed by atoms with Gasteiger partial charge >= 0.3 is 0 Å². The maximum Gasteiger partial charge on any atom is 0.179 e. The molecular formula is C12H13N5O. The van der Waals surface area contributed by atoms with Crippen molar-refractivity contribution in [1.29, 1.82) is 0 Å². The van der Waals surface area contributed by atoms with Gasteiger partial charge in [0.25, 0.3) is 0 Å². The highest BCUT2D eigenvalue weighted by Gasteiger charge is 2.14. The maximum absolute atomic E-state index is 5.33. The number of hydrogen-bond acceptors (Lipinski definition) is 4. The fraction of sp³-hybridized carbons (Fsp3) is 0.250. The lowest BCUT2D eigenvalue weighted by Crippen LogP contribution is -2.00. The van der Waals surface area contributed by atoms with Crippen LogP contribution in [0.1, 0.15) is 11.4 Å². The first-order valence-electron chi connectivity index (χ1n) is 5.60. The smallest absolute Gasteiger partial charge is 0.179 e. The monoisotopic (exact) mass is 243 g/mol. The molecule has 1 N–H and O–H groups in total. The van der Waals surface area contributed by atoms with Gasteiger partial charge in [-0.1, -0.05) is 0 Å². The van der Waals surface area contributed by atoms with Crippen LogP contribution in [-0.2, 0) is 0 Å². The normalized spacial score (nSPS) is 11.1. The zero-order valence-corrected chi connectivity index (χ0v) is 10.4. The molecule has 6 nitrogen and oxygen atoms in total. The number of pyridine rings is 1. The molecule has 3 aromatic heterocycles. The highest BCUT2D eigenvalue weighted by atomic mass is 16.5. The Balaban J connectivity index is 2.32. The average Bonchev–Trinajstić information content (AvgIpc) is 2.96. The summed E-state index contributed by atoms with van der Waals surface area (Å²) in [7, 11) is 1.64. The lowest BCUT2D eigenvalue weighted by Gasteiger charge is -2.06. The van der Waals surface area contributed by atoms with Gasteiger partial charge < -0.3 is 9.72 Å². The van der Waals surface area contributed by atoms with Gasteiger partial charge in [0.05, 0.1) is 18.8 Å². The topological polar surface area (TPSA) is 68.6 Å². The van der Waals surface area contributed by atoms with Crippen molar-refractivity contribution in [2.24, 2.45) is 0 Å². The molecule has 0 radical (unpaired) electrons. The van der Waals surface area contributed by atoms with Gasteiger partial charge in [-0.25, -0.2) is 14.6 Å². The van der Waals surface area contributed by atoms with E-state index in [1.165, 1.54) is 0 Å². The van der Waals surface area contributed by atoms with E-state index in [0.29, 0.717) is 5.82 Å². The molecule has 0 aliphatic heterocycles. The highest BCUT2D eigenvalue weighted by Crippen LogP contribution is 2.30. The predicted octanol–water partition coefficient (Wildman–Crippen LogP) is 1.77. The van der Waals surface area contributed by atoms with Gasteiger partial charge in [0.15, 0.2) is 5.82 Å². The second-order valence-corrected chi connectivity index (χ2v) is 4.11. The van der Waals surface area contributed by atoms with Crippen molar-refractivity contribution in [3.63, 3.8) is 0 Å². The summed E-state index contributed by atoms with van der Waals surface area (Å²) in [6.45, 7) is 3.87. The second-order valence-electron chi connectivity index (χ2n) is 4.11. The average molecular weight is 243 g/mol. The van der Waals surface area contributed by atoms with Crippen molar-refractivity contribution >= 4 is 10.9 Å². The van der Waals surface area contributed by atoms with E-state index in [0.717, 1.165) is 28.0 Å². The van der Waals surface area contributed by atoms with Crippen LogP contribution in [0.5, 0.6) is 5.75 Å². The van der Waals surface area contributed by atoms with Crippen LogP contribution in [0.3, 0.4) is 0 Å². The molecule has 92 valence electrons. The van der Waals surface area contributed by atoms with Crippen LogP contribution in [0.25, 0.3) is 16.7 Å². The van der Waals surface area contributed by atoms with E-state index in [-0.39, 0.29) is 0 Å². The summed E-state index contributed by atoms with van der Waals surface area (Å²) in [4.78, 5) is 11.7. The third-order valence-electron chi connectivity index (χ3n) is 2.89. The zero-order chi connectivity index (χ0) is 12.7. The van der Waals surface area contributed by atoms with Crippen LogP contribution < -0.4 is 4.74 Å². The molecule has 0 saturated heterocycles. The molecule has 3 rings (SSSR count). The Labute approximate surface area is 104 Å². The first-order valence-corrected chi connectivity index (χ1v) is 5.60. The molecule has 0 aliphatic rings. The van der Waals surface area contributed by atoms with E-state index in [1.807, 2.05) is 20.0 Å². The van der Waals surface area contributed by atoms with Crippen molar-refractivity contribution in [3.05, 3.63) is 30.1 Å². The fourth-order valence-electron chi connectivity index (χ4n) is 2.04. The van der Waals surface area contributed by atoms with Crippen LogP contribution in [0, 0.1) is 13.8 Å². The number of ether oxygens (including phenoxy) is 1. The van der Waals surface area contributed by atoms with E-state index in [9.17, 15) is 0 Å². The van der Waals surface area contributed by atoms with E-state index < -0.39 is 0 Å². The first kappa shape index (κ1) is 10.8. The van der Waals surface area contributed by atoms with Crippen molar-refractivity contribution in [3.8, 4) is 11.6 Å². The first-order chi connectivity index (χ1) is 8.70. The van der Waals surface area contributed by atoms with Crippen LogP contribution in [0.2, 0.25) is 0 Å². The molecule has 0 unspecified atom stereocenters. The molecule has 0 fully saturated rings. The van der Waals surface area contributed by atoms with Gasteiger partial charge in [0.1, 0.15) is 17.9 Å². The standard InChI is InChI=1S/C12H13N5O/c1-7-4-13-11-10(7)9(18-3)5-14-12(11)17-6-15-8(2)16-17/h4-6,13H,1-3H3. The number of fused-ring (bicyclic) bond motifs is 1. The SMILES string of the molecule is COc1cnc(-n2cnc(C)n2)c2[nH]cc(C)c12. The van der Waals surface area contributed by atoms with Gasteiger partial charge in [-0.2, -0.15) is 5.10 Å². The van der Waals surface area contributed by atoms with E-state index in [2.05, 4.69) is 20.1 Å². The molecule has 0 atom stereocenters. The Morgan fingerprint density at radius 3 is 2.78 bits per heavy atom. The summed E-state index contributed by atoms with van der Waals surface area (Å²) in [5.74, 6) is 2.19. The van der Waals surface area contributed by atoms with E-state index in [4.69, 9.17) is 4.74 Å². The molecular weight excluding hydrogens is 230 g/mol. The molecule has 0 bridgehead atoms. The van der Waals surface area contributed by atoms with Crippen molar-refractivity contribution in [1.82, 2.24) is 24.7 Å². The summed E-state index contributed by atoms with van der Waals surface area (Å²) in [6, 6.07) is 0. The lowest BCUT2D eigenvalue weighted by molar-refractivity contribution is 0.418. The summed E-state index contributed by atoms with van der Waals surface area (Å²) >= 11 is 0. The van der Waals surface area contributed by atoms with Gasteiger partial charge in [-0.3, -0.25) is 0 Å². The molecule has 0 aliphatic carbocycles. The summed E-state index contributed by atoms with van der Waals surface area (Å²) in [5, 5.41) is 5.30. The third kappa shape index (κ3) is 1.46. The molecule has 3 heterocycles. The number of aromatic amines is 1. The highest BCUT2D eigenvalue weighted by molar-refractivity contribution is 5.93. The minimum absolute atomic E-state index is 0.712. The maximum atomic E-state index is 5.33. The zero-order valence-electron chi connectivity index (χ0n) is 10.4. The fourth-order valence-corrected chi connectivity index (χ4v) is 2.04. The number of aryl methyl sites for hydroxylation is 2. The summed E-state index contributed by atoms with van der Waals surface area (Å²) < 4.78 is 6.99. The van der Waals surface area contributed by atoms with Crippen molar-refractivity contribution < 1.29 is 4.74 Å². The Hall–Kier alpha value is -2.37. The van der Waals surface area contributed by atoms with Crippen LogP contribution in [-0.4, -0.2) is 31.8 Å². The minimum atomic E-state index is 0.712. The molecule has 0 saturated carbocycles. The largest absolute Gasteiger partial charge is 0.494 e. The van der Waals surface area contributed by atoms with Gasteiger partial charge in [0.2, 0.25) is 0 Å². The molecule has 0 aromatic carbocycles.